The quantitative estimate of drug-likeness (QED) is 0.598. The zero-order chi connectivity index (χ0) is 18.0. The fraction of sp³-hybridized carbons (Fsp3) is 0.150. The minimum absolute atomic E-state index is 0.207. The molecule has 1 aliphatic rings. The Morgan fingerprint density at radius 3 is 1.80 bits per heavy atom. The third-order valence-corrected chi connectivity index (χ3v) is 4.13. The number of hydrogen-bond donors (Lipinski definition) is 0. The normalized spacial score (nSPS) is 13.6. The van der Waals surface area contributed by atoms with E-state index in [9.17, 15) is 24.0 Å². The standard InChI is InChI=1S/C20H14O5/c21-13(10-16(22)12-6-2-1-3-7-12)11-17(23)18-19(24)14-8-4-5-9-15(14)20(18)25/h1-9,18H,10-11H2. The molecule has 2 aromatic carbocycles. The van der Waals surface area contributed by atoms with E-state index in [1.165, 1.54) is 12.1 Å². The molecule has 0 heterocycles. The molecule has 0 atom stereocenters. The highest BCUT2D eigenvalue weighted by atomic mass is 16.2. The first-order valence-corrected chi connectivity index (χ1v) is 7.79. The van der Waals surface area contributed by atoms with E-state index in [0.717, 1.165) is 0 Å². The molecule has 1 aliphatic carbocycles. The second kappa shape index (κ2) is 6.73. The van der Waals surface area contributed by atoms with Crippen LogP contribution in [0.25, 0.3) is 0 Å². The van der Waals surface area contributed by atoms with Gasteiger partial charge in [0.25, 0.3) is 0 Å². The van der Waals surface area contributed by atoms with E-state index in [0.29, 0.717) is 5.56 Å². The van der Waals surface area contributed by atoms with Crippen LogP contribution in [0.3, 0.4) is 0 Å². The van der Waals surface area contributed by atoms with Crippen LogP contribution in [0, 0.1) is 5.92 Å². The van der Waals surface area contributed by atoms with Crippen LogP contribution in [0.4, 0.5) is 0 Å². The Morgan fingerprint density at radius 1 is 0.720 bits per heavy atom. The van der Waals surface area contributed by atoms with Crippen molar-refractivity contribution in [3.8, 4) is 0 Å². The van der Waals surface area contributed by atoms with Gasteiger partial charge in [0, 0.05) is 16.7 Å². The molecular weight excluding hydrogens is 320 g/mol. The van der Waals surface area contributed by atoms with Gasteiger partial charge in [0.05, 0.1) is 12.8 Å². The number of hydrogen-bond acceptors (Lipinski definition) is 5. The Kier molecular flexibility index (Phi) is 4.48. The molecule has 2 aromatic rings. The van der Waals surface area contributed by atoms with Gasteiger partial charge >= 0.3 is 0 Å². The number of benzene rings is 2. The van der Waals surface area contributed by atoms with Crippen molar-refractivity contribution in [3.63, 3.8) is 0 Å². The van der Waals surface area contributed by atoms with Crippen molar-refractivity contribution in [2.75, 3.05) is 0 Å². The van der Waals surface area contributed by atoms with Crippen molar-refractivity contribution in [2.24, 2.45) is 5.92 Å². The molecule has 0 saturated carbocycles. The van der Waals surface area contributed by atoms with Crippen LogP contribution < -0.4 is 0 Å². The van der Waals surface area contributed by atoms with Gasteiger partial charge in [-0.1, -0.05) is 54.6 Å². The summed E-state index contributed by atoms with van der Waals surface area (Å²) in [7, 11) is 0. The summed E-state index contributed by atoms with van der Waals surface area (Å²) in [6.07, 6.45) is -1.04. The van der Waals surface area contributed by atoms with E-state index >= 15 is 0 Å². The van der Waals surface area contributed by atoms with Crippen LogP contribution >= 0.6 is 0 Å². The molecule has 0 fully saturated rings. The smallest absolute Gasteiger partial charge is 0.181 e. The predicted molar refractivity (Wildman–Crippen MR) is 88.6 cm³/mol. The molecule has 25 heavy (non-hydrogen) atoms. The van der Waals surface area contributed by atoms with Crippen molar-refractivity contribution in [1.29, 1.82) is 0 Å². The molecule has 0 aliphatic heterocycles. The van der Waals surface area contributed by atoms with E-state index in [1.807, 2.05) is 0 Å². The summed E-state index contributed by atoms with van der Waals surface area (Å²) in [5.41, 5.74) is 0.793. The van der Waals surface area contributed by atoms with Gasteiger partial charge < -0.3 is 0 Å². The highest BCUT2D eigenvalue weighted by Gasteiger charge is 2.43. The summed E-state index contributed by atoms with van der Waals surface area (Å²) in [4.78, 5) is 60.8. The van der Waals surface area contributed by atoms with Crippen LogP contribution in [0.5, 0.6) is 0 Å². The molecule has 3 rings (SSSR count). The van der Waals surface area contributed by atoms with Crippen LogP contribution in [0.2, 0.25) is 0 Å². The van der Waals surface area contributed by atoms with Gasteiger partial charge in [0.15, 0.2) is 23.1 Å². The first-order chi connectivity index (χ1) is 12.0. The van der Waals surface area contributed by atoms with Crippen molar-refractivity contribution in [2.45, 2.75) is 12.8 Å². The summed E-state index contributed by atoms with van der Waals surface area (Å²) in [5, 5.41) is 0. The zero-order valence-electron chi connectivity index (χ0n) is 13.2. The van der Waals surface area contributed by atoms with Crippen LogP contribution in [0.1, 0.15) is 43.9 Å². The largest absolute Gasteiger partial charge is 0.299 e. The van der Waals surface area contributed by atoms with Gasteiger partial charge in [-0.15, -0.1) is 0 Å². The summed E-state index contributed by atoms with van der Waals surface area (Å²) in [5.74, 6) is -4.37. The Morgan fingerprint density at radius 2 is 1.24 bits per heavy atom. The first kappa shape index (κ1) is 16.6. The Bertz CT molecular complexity index is 860. The highest BCUT2D eigenvalue weighted by Crippen LogP contribution is 2.28. The van der Waals surface area contributed by atoms with Gasteiger partial charge in [-0.05, 0) is 0 Å². The molecule has 0 aromatic heterocycles. The maximum atomic E-state index is 12.3. The maximum Gasteiger partial charge on any atom is 0.181 e. The second-order valence-electron chi connectivity index (χ2n) is 5.85. The fourth-order valence-electron chi connectivity index (χ4n) is 2.90. The maximum absolute atomic E-state index is 12.3. The molecular formula is C20H14O5. The molecule has 0 spiro atoms. The van der Waals surface area contributed by atoms with E-state index in [-0.39, 0.29) is 11.1 Å². The predicted octanol–water partition coefficient (Wildman–Crippen LogP) is 2.48. The summed E-state index contributed by atoms with van der Waals surface area (Å²) < 4.78 is 0. The topological polar surface area (TPSA) is 85.3 Å². The van der Waals surface area contributed by atoms with Gasteiger partial charge in [0.1, 0.15) is 11.7 Å². The number of fused-ring (bicyclic) bond motifs is 1. The van der Waals surface area contributed by atoms with E-state index in [1.54, 1.807) is 42.5 Å². The van der Waals surface area contributed by atoms with Gasteiger partial charge in [-0.3, -0.25) is 24.0 Å². The number of rotatable bonds is 6. The monoisotopic (exact) mass is 334 g/mol. The average molecular weight is 334 g/mol. The SMILES string of the molecule is O=C(CC(=O)c1ccccc1)CC(=O)C1C(=O)c2ccccc2C1=O. The highest BCUT2D eigenvalue weighted by molar-refractivity contribution is 6.36. The lowest BCUT2D eigenvalue weighted by atomic mass is 9.93. The van der Waals surface area contributed by atoms with Gasteiger partial charge in [0.2, 0.25) is 0 Å². The Balaban J connectivity index is 1.67. The molecule has 0 N–H and O–H groups in total. The number of Topliss-reactive ketones (excluding diaryl/α,β-unsaturated/α-hetero) is 5. The van der Waals surface area contributed by atoms with E-state index < -0.39 is 47.7 Å². The van der Waals surface area contributed by atoms with E-state index in [4.69, 9.17) is 0 Å². The van der Waals surface area contributed by atoms with Crippen molar-refractivity contribution in [1.82, 2.24) is 0 Å². The summed E-state index contributed by atoms with van der Waals surface area (Å²) in [6.45, 7) is 0. The lowest BCUT2D eigenvalue weighted by Crippen LogP contribution is -2.28. The number of ketones is 5. The van der Waals surface area contributed by atoms with Crippen molar-refractivity contribution in [3.05, 3.63) is 71.3 Å². The number of carbonyl (C=O) groups is 5. The first-order valence-electron chi connectivity index (χ1n) is 7.79. The lowest BCUT2D eigenvalue weighted by molar-refractivity contribution is -0.127. The molecule has 0 saturated heterocycles. The third kappa shape index (κ3) is 3.21. The molecule has 0 amide bonds. The molecule has 5 nitrogen and oxygen atoms in total. The van der Waals surface area contributed by atoms with Crippen LogP contribution in [-0.2, 0) is 9.59 Å². The van der Waals surface area contributed by atoms with Crippen molar-refractivity contribution < 1.29 is 24.0 Å². The summed E-state index contributed by atoms with van der Waals surface area (Å²) in [6, 6.07) is 14.5. The summed E-state index contributed by atoms with van der Waals surface area (Å²) >= 11 is 0. The molecule has 0 radical (unpaired) electrons. The van der Waals surface area contributed by atoms with Crippen LogP contribution in [0.15, 0.2) is 54.6 Å². The molecule has 124 valence electrons. The zero-order valence-corrected chi connectivity index (χ0v) is 13.2. The lowest BCUT2D eigenvalue weighted by Gasteiger charge is -2.05. The van der Waals surface area contributed by atoms with Gasteiger partial charge in [-0.25, -0.2) is 0 Å². The Labute approximate surface area is 143 Å². The minimum Gasteiger partial charge on any atom is -0.299 e. The Hall–Kier alpha value is -3.21. The second-order valence-corrected chi connectivity index (χ2v) is 5.85. The minimum atomic E-state index is -1.46. The van der Waals surface area contributed by atoms with Gasteiger partial charge in [-0.2, -0.15) is 0 Å². The third-order valence-electron chi connectivity index (χ3n) is 4.13. The molecule has 5 heteroatoms. The van der Waals surface area contributed by atoms with E-state index in [2.05, 4.69) is 0 Å². The average Bonchev–Trinajstić information content (AvgIpc) is 2.87. The molecule has 0 bridgehead atoms. The fourth-order valence-corrected chi connectivity index (χ4v) is 2.90. The molecule has 0 unspecified atom stereocenters. The van der Waals surface area contributed by atoms with Crippen molar-refractivity contribution >= 4 is 28.9 Å². The number of carbonyl (C=O) groups excluding carboxylic acids is 5. The van der Waals surface area contributed by atoms with Crippen LogP contribution in [-0.4, -0.2) is 28.9 Å².